The average molecular weight is 394 g/mol. The van der Waals surface area contributed by atoms with Gasteiger partial charge in [0.2, 0.25) is 14.2 Å². The standard InChI is InChI=1S/C21H32ClNO2Si/c1-21(2,3)26(4,5)25-19-14-16(13-17(22)15-19)9-8-12-20(24)23-18-10-6-7-11-18/h8-9,13-15,18H,6-7,10-12H2,1-5H3,(H,23,24). The van der Waals surface area contributed by atoms with Crippen LogP contribution in [0.3, 0.4) is 0 Å². The Hall–Kier alpha value is -1.26. The van der Waals surface area contributed by atoms with Gasteiger partial charge < -0.3 is 9.74 Å². The molecular weight excluding hydrogens is 362 g/mol. The van der Waals surface area contributed by atoms with Crippen LogP contribution in [0.4, 0.5) is 0 Å². The van der Waals surface area contributed by atoms with E-state index in [4.69, 9.17) is 16.0 Å². The van der Waals surface area contributed by atoms with Crippen molar-refractivity contribution in [2.45, 2.75) is 77.0 Å². The van der Waals surface area contributed by atoms with Crippen molar-refractivity contribution in [1.29, 1.82) is 0 Å². The highest BCUT2D eigenvalue weighted by atomic mass is 35.5. The molecule has 5 heteroatoms. The first kappa shape index (κ1) is 21.0. The fourth-order valence-electron chi connectivity index (χ4n) is 2.85. The molecule has 0 bridgehead atoms. The maximum absolute atomic E-state index is 12.0. The predicted octanol–water partition coefficient (Wildman–Crippen LogP) is 6.19. The second-order valence-corrected chi connectivity index (χ2v) is 13.9. The molecule has 2 rings (SSSR count). The van der Waals surface area contributed by atoms with Gasteiger partial charge in [0, 0.05) is 17.5 Å². The van der Waals surface area contributed by atoms with Crippen LogP contribution in [-0.2, 0) is 4.79 Å². The number of rotatable bonds is 6. The third kappa shape index (κ3) is 6.17. The first-order chi connectivity index (χ1) is 12.1. The Kier molecular flexibility index (Phi) is 6.97. The van der Waals surface area contributed by atoms with E-state index in [9.17, 15) is 4.79 Å². The zero-order valence-electron chi connectivity index (χ0n) is 16.7. The molecule has 1 aliphatic rings. The smallest absolute Gasteiger partial charge is 0.250 e. The lowest BCUT2D eigenvalue weighted by Crippen LogP contribution is -2.43. The summed E-state index contributed by atoms with van der Waals surface area (Å²) < 4.78 is 6.35. The lowest BCUT2D eigenvalue weighted by molar-refractivity contribution is -0.120. The molecule has 1 aliphatic carbocycles. The van der Waals surface area contributed by atoms with Crippen molar-refractivity contribution < 1.29 is 9.22 Å². The lowest BCUT2D eigenvalue weighted by atomic mass is 10.2. The minimum Gasteiger partial charge on any atom is -0.543 e. The molecule has 1 aromatic rings. The van der Waals surface area contributed by atoms with Crippen molar-refractivity contribution >= 4 is 31.9 Å². The zero-order valence-corrected chi connectivity index (χ0v) is 18.5. The molecule has 1 aromatic carbocycles. The van der Waals surface area contributed by atoms with Gasteiger partial charge in [0.1, 0.15) is 5.75 Å². The fraction of sp³-hybridized carbons (Fsp3) is 0.571. The van der Waals surface area contributed by atoms with Crippen molar-refractivity contribution in [3.8, 4) is 5.75 Å². The quantitative estimate of drug-likeness (QED) is 0.585. The lowest BCUT2D eigenvalue weighted by Gasteiger charge is -2.36. The van der Waals surface area contributed by atoms with E-state index in [-0.39, 0.29) is 10.9 Å². The summed E-state index contributed by atoms with van der Waals surface area (Å²) in [5, 5.41) is 3.88. The van der Waals surface area contributed by atoms with Crippen LogP contribution in [0.2, 0.25) is 23.2 Å². The largest absolute Gasteiger partial charge is 0.543 e. The molecule has 1 saturated carbocycles. The van der Waals surface area contributed by atoms with E-state index < -0.39 is 8.32 Å². The Bertz CT molecular complexity index is 658. The van der Waals surface area contributed by atoms with Gasteiger partial charge in [-0.05, 0) is 54.7 Å². The molecule has 3 nitrogen and oxygen atoms in total. The number of halogens is 1. The number of benzene rings is 1. The molecule has 1 N–H and O–H groups in total. The van der Waals surface area contributed by atoms with Crippen LogP contribution in [0.5, 0.6) is 5.75 Å². The van der Waals surface area contributed by atoms with E-state index in [1.807, 2.05) is 30.4 Å². The van der Waals surface area contributed by atoms with Crippen LogP contribution < -0.4 is 9.74 Å². The molecule has 0 spiro atoms. The Morgan fingerprint density at radius 2 is 1.92 bits per heavy atom. The molecule has 1 amide bonds. The molecule has 0 atom stereocenters. The Morgan fingerprint density at radius 3 is 2.54 bits per heavy atom. The topological polar surface area (TPSA) is 38.3 Å². The molecule has 26 heavy (non-hydrogen) atoms. The van der Waals surface area contributed by atoms with Crippen molar-refractivity contribution in [3.05, 3.63) is 34.9 Å². The first-order valence-corrected chi connectivity index (χ1v) is 12.8. The molecule has 0 radical (unpaired) electrons. The number of nitrogens with one attached hydrogen (secondary N) is 1. The highest BCUT2D eigenvalue weighted by Crippen LogP contribution is 2.38. The minimum absolute atomic E-state index is 0.0907. The van der Waals surface area contributed by atoms with Crippen LogP contribution in [0.1, 0.15) is 58.4 Å². The molecule has 0 saturated heterocycles. The van der Waals surface area contributed by atoms with E-state index in [0.29, 0.717) is 17.5 Å². The summed E-state index contributed by atoms with van der Waals surface area (Å²) in [6.45, 7) is 11.1. The van der Waals surface area contributed by atoms with Crippen LogP contribution >= 0.6 is 11.6 Å². The van der Waals surface area contributed by atoms with Gasteiger partial charge in [0.25, 0.3) is 0 Å². The van der Waals surface area contributed by atoms with Crippen molar-refractivity contribution in [3.63, 3.8) is 0 Å². The molecule has 0 aromatic heterocycles. The molecule has 0 unspecified atom stereocenters. The van der Waals surface area contributed by atoms with Gasteiger partial charge >= 0.3 is 0 Å². The predicted molar refractivity (Wildman–Crippen MR) is 113 cm³/mol. The van der Waals surface area contributed by atoms with Crippen molar-refractivity contribution in [2.24, 2.45) is 0 Å². The van der Waals surface area contributed by atoms with Gasteiger partial charge in [-0.1, -0.05) is 57.4 Å². The van der Waals surface area contributed by atoms with Crippen LogP contribution in [0, 0.1) is 0 Å². The molecule has 0 aliphatic heterocycles. The third-order valence-corrected chi connectivity index (χ3v) is 9.98. The van der Waals surface area contributed by atoms with Crippen LogP contribution in [0.15, 0.2) is 24.3 Å². The van der Waals surface area contributed by atoms with Crippen molar-refractivity contribution in [1.82, 2.24) is 5.32 Å². The summed E-state index contributed by atoms with van der Waals surface area (Å²) in [4.78, 5) is 12.0. The second kappa shape index (κ2) is 8.62. The molecular formula is C21H32ClNO2Si. The Balaban J connectivity index is 1.99. The van der Waals surface area contributed by atoms with E-state index in [1.165, 1.54) is 12.8 Å². The SMILES string of the molecule is CC(C)(C)[Si](C)(C)Oc1cc(Cl)cc(C=CCC(=O)NC2CCCC2)c1. The monoisotopic (exact) mass is 393 g/mol. The summed E-state index contributed by atoms with van der Waals surface area (Å²) in [5.74, 6) is 0.895. The second-order valence-electron chi connectivity index (χ2n) is 8.74. The summed E-state index contributed by atoms with van der Waals surface area (Å²) in [7, 11) is -1.91. The van der Waals surface area contributed by atoms with E-state index in [2.05, 4.69) is 39.2 Å². The maximum Gasteiger partial charge on any atom is 0.250 e. The summed E-state index contributed by atoms with van der Waals surface area (Å²) in [6, 6.07) is 6.13. The van der Waals surface area contributed by atoms with Crippen molar-refractivity contribution in [2.75, 3.05) is 0 Å². The molecule has 144 valence electrons. The highest BCUT2D eigenvalue weighted by molar-refractivity contribution is 6.74. The number of carbonyl (C=O) groups excluding carboxylic acids is 1. The van der Waals surface area contributed by atoms with Gasteiger partial charge in [0.05, 0.1) is 0 Å². The van der Waals surface area contributed by atoms with Gasteiger partial charge in [-0.3, -0.25) is 4.79 Å². The Morgan fingerprint density at radius 1 is 1.27 bits per heavy atom. The summed E-state index contributed by atoms with van der Waals surface area (Å²) >= 11 is 6.27. The van der Waals surface area contributed by atoms with E-state index in [1.54, 1.807) is 0 Å². The van der Waals surface area contributed by atoms with Crippen LogP contribution in [-0.4, -0.2) is 20.3 Å². The van der Waals surface area contributed by atoms with Gasteiger partial charge in [-0.15, -0.1) is 0 Å². The van der Waals surface area contributed by atoms with Gasteiger partial charge in [0.15, 0.2) is 0 Å². The summed E-state index contributed by atoms with van der Waals surface area (Å²) in [5.41, 5.74) is 0.958. The van der Waals surface area contributed by atoms with Gasteiger partial charge in [-0.2, -0.15) is 0 Å². The first-order valence-electron chi connectivity index (χ1n) is 9.52. The zero-order chi connectivity index (χ0) is 19.4. The molecule has 1 fully saturated rings. The Labute approximate surface area is 164 Å². The maximum atomic E-state index is 12.0. The van der Waals surface area contributed by atoms with Crippen LogP contribution in [0.25, 0.3) is 6.08 Å². The summed E-state index contributed by atoms with van der Waals surface area (Å²) in [6.07, 6.45) is 8.89. The third-order valence-electron chi connectivity index (χ3n) is 5.41. The highest BCUT2D eigenvalue weighted by Gasteiger charge is 2.39. The normalized spacial score (nSPS) is 16.2. The minimum atomic E-state index is -1.91. The fourth-order valence-corrected chi connectivity index (χ4v) is 4.09. The average Bonchev–Trinajstić information content (AvgIpc) is 2.97. The molecule has 0 heterocycles. The number of hydrogen-bond acceptors (Lipinski definition) is 2. The van der Waals surface area contributed by atoms with Gasteiger partial charge in [-0.25, -0.2) is 0 Å². The number of hydrogen-bond donors (Lipinski definition) is 1. The number of carbonyl (C=O) groups is 1. The van der Waals surface area contributed by atoms with E-state index >= 15 is 0 Å². The number of amides is 1. The van der Waals surface area contributed by atoms with E-state index in [0.717, 1.165) is 24.2 Å².